The van der Waals surface area contributed by atoms with Crippen molar-refractivity contribution in [3.8, 4) is 5.75 Å². The monoisotopic (exact) mass is 285 g/mol. The van der Waals surface area contributed by atoms with Crippen LogP contribution in [0.5, 0.6) is 5.75 Å². The number of methoxy groups -OCH3 is 1. The molecule has 20 heavy (non-hydrogen) atoms. The second kappa shape index (κ2) is 5.54. The van der Waals surface area contributed by atoms with Gasteiger partial charge in [0.25, 0.3) is 0 Å². The molecule has 2 aromatic rings. The highest BCUT2D eigenvalue weighted by Gasteiger charge is 2.34. The molecule has 0 radical (unpaired) electrons. The average molecular weight is 285 g/mol. The molecule has 0 saturated heterocycles. The third-order valence-corrected chi connectivity index (χ3v) is 2.85. The first-order valence-corrected chi connectivity index (χ1v) is 5.91. The lowest BCUT2D eigenvalue weighted by Crippen LogP contribution is -2.11. The molecule has 0 amide bonds. The Hall–Kier alpha value is -2.02. The highest BCUT2D eigenvalue weighted by Crippen LogP contribution is 2.28. The van der Waals surface area contributed by atoms with Gasteiger partial charge in [0.2, 0.25) is 0 Å². The van der Waals surface area contributed by atoms with E-state index in [9.17, 15) is 13.2 Å². The minimum Gasteiger partial charge on any atom is -0.497 e. The number of alkyl halides is 3. The number of benzene rings is 1. The molecular formula is C13H14F3N3O. The quantitative estimate of drug-likeness (QED) is 0.938. The molecule has 7 heteroatoms. The highest BCUT2D eigenvalue weighted by atomic mass is 19.4. The Morgan fingerprint density at radius 1 is 1.25 bits per heavy atom. The molecule has 0 fully saturated rings. The van der Waals surface area contributed by atoms with Crippen LogP contribution >= 0.6 is 0 Å². The first-order valence-electron chi connectivity index (χ1n) is 5.91. The van der Waals surface area contributed by atoms with Gasteiger partial charge in [0.1, 0.15) is 5.75 Å². The fourth-order valence-electron chi connectivity index (χ4n) is 1.80. The number of nitrogens with zero attached hydrogens (tertiary/aromatic N) is 2. The van der Waals surface area contributed by atoms with E-state index in [1.807, 2.05) is 0 Å². The molecule has 4 nitrogen and oxygen atoms in total. The molecule has 1 aromatic carbocycles. The molecule has 0 aliphatic heterocycles. The van der Waals surface area contributed by atoms with Gasteiger partial charge in [-0.25, -0.2) is 0 Å². The van der Waals surface area contributed by atoms with E-state index in [0.29, 0.717) is 11.4 Å². The van der Waals surface area contributed by atoms with Crippen LogP contribution in [0.25, 0.3) is 0 Å². The predicted octanol–water partition coefficient (Wildman–Crippen LogP) is 2.42. The molecule has 0 aliphatic rings. The summed E-state index contributed by atoms with van der Waals surface area (Å²) in [4.78, 5) is 0. The second-order valence-corrected chi connectivity index (χ2v) is 4.23. The Kier molecular flexibility index (Phi) is 3.99. The van der Waals surface area contributed by atoms with Gasteiger partial charge in [0.05, 0.1) is 19.3 Å². The van der Waals surface area contributed by atoms with Gasteiger partial charge in [-0.2, -0.15) is 18.3 Å². The Morgan fingerprint density at radius 2 is 1.90 bits per heavy atom. The van der Waals surface area contributed by atoms with E-state index >= 15 is 0 Å². The molecule has 108 valence electrons. The highest BCUT2D eigenvalue weighted by molar-refractivity contribution is 5.27. The number of aromatic nitrogens is 2. The van der Waals surface area contributed by atoms with Crippen LogP contribution in [0, 0.1) is 0 Å². The van der Waals surface area contributed by atoms with Crippen LogP contribution in [0.3, 0.4) is 0 Å². The van der Waals surface area contributed by atoms with Crippen molar-refractivity contribution in [1.29, 1.82) is 0 Å². The van der Waals surface area contributed by atoms with Crippen molar-refractivity contribution in [2.24, 2.45) is 5.73 Å². The summed E-state index contributed by atoms with van der Waals surface area (Å²) in [5, 5.41) is 3.57. The van der Waals surface area contributed by atoms with Crippen molar-refractivity contribution in [1.82, 2.24) is 9.78 Å². The molecule has 0 saturated carbocycles. The van der Waals surface area contributed by atoms with Crippen LogP contribution in [0.4, 0.5) is 13.2 Å². The van der Waals surface area contributed by atoms with Gasteiger partial charge in [-0.15, -0.1) is 0 Å². The van der Waals surface area contributed by atoms with Crippen LogP contribution < -0.4 is 10.5 Å². The number of halogens is 3. The molecule has 1 aromatic heterocycles. The zero-order chi connectivity index (χ0) is 14.8. The Labute approximate surface area is 114 Å². The van der Waals surface area contributed by atoms with Crippen LogP contribution in [-0.2, 0) is 19.3 Å². The Bertz CT molecular complexity index is 576. The summed E-state index contributed by atoms with van der Waals surface area (Å²) in [6, 6.07) is 8.00. The predicted molar refractivity (Wildman–Crippen MR) is 67.2 cm³/mol. The fourth-order valence-corrected chi connectivity index (χ4v) is 1.80. The third-order valence-electron chi connectivity index (χ3n) is 2.85. The van der Waals surface area contributed by atoms with E-state index < -0.39 is 11.9 Å². The van der Waals surface area contributed by atoms with Gasteiger partial charge in [-0.05, 0) is 23.8 Å². The van der Waals surface area contributed by atoms with Crippen LogP contribution in [0.2, 0.25) is 0 Å². The van der Waals surface area contributed by atoms with Crippen LogP contribution in [0.1, 0.15) is 17.0 Å². The lowest BCUT2D eigenvalue weighted by molar-refractivity contribution is -0.141. The van der Waals surface area contributed by atoms with Gasteiger partial charge in [0.15, 0.2) is 5.69 Å². The van der Waals surface area contributed by atoms with E-state index in [1.165, 1.54) is 4.68 Å². The topological polar surface area (TPSA) is 53.1 Å². The van der Waals surface area contributed by atoms with E-state index in [1.54, 1.807) is 31.4 Å². The molecule has 0 spiro atoms. The lowest BCUT2D eigenvalue weighted by Gasteiger charge is -2.07. The van der Waals surface area contributed by atoms with Crippen molar-refractivity contribution < 1.29 is 17.9 Å². The molecule has 0 bridgehead atoms. The maximum absolute atomic E-state index is 12.6. The fraction of sp³-hybridized carbons (Fsp3) is 0.308. The van der Waals surface area contributed by atoms with E-state index in [-0.39, 0.29) is 13.1 Å². The summed E-state index contributed by atoms with van der Waals surface area (Å²) in [5.74, 6) is 0.684. The van der Waals surface area contributed by atoms with Crippen molar-refractivity contribution in [2.75, 3.05) is 7.11 Å². The standard InChI is InChI=1S/C13H14F3N3O/c1-20-11-4-2-9(3-5-11)8-19-10(7-17)6-12(18-19)13(14,15)16/h2-6H,7-8,17H2,1H3. The SMILES string of the molecule is COc1ccc(Cn2nc(C(F)(F)F)cc2CN)cc1. The lowest BCUT2D eigenvalue weighted by atomic mass is 10.2. The summed E-state index contributed by atoms with van der Waals surface area (Å²) in [7, 11) is 1.55. The summed E-state index contributed by atoms with van der Waals surface area (Å²) in [6.07, 6.45) is -4.46. The zero-order valence-corrected chi connectivity index (χ0v) is 10.8. The number of ether oxygens (including phenoxy) is 1. The van der Waals surface area contributed by atoms with Crippen molar-refractivity contribution in [3.05, 3.63) is 47.3 Å². The van der Waals surface area contributed by atoms with Crippen LogP contribution in [-0.4, -0.2) is 16.9 Å². The minimum absolute atomic E-state index is 0.000759. The van der Waals surface area contributed by atoms with Crippen molar-refractivity contribution in [3.63, 3.8) is 0 Å². The summed E-state index contributed by atoms with van der Waals surface area (Å²) >= 11 is 0. The summed E-state index contributed by atoms with van der Waals surface area (Å²) in [6.45, 7) is 0.228. The maximum atomic E-state index is 12.6. The molecule has 1 heterocycles. The van der Waals surface area contributed by atoms with Gasteiger partial charge < -0.3 is 10.5 Å². The molecule has 0 aliphatic carbocycles. The van der Waals surface area contributed by atoms with E-state index in [0.717, 1.165) is 11.6 Å². The summed E-state index contributed by atoms with van der Waals surface area (Å²) in [5.41, 5.74) is 5.69. The molecule has 0 atom stereocenters. The maximum Gasteiger partial charge on any atom is 0.435 e. The normalized spacial score (nSPS) is 11.7. The molecule has 2 rings (SSSR count). The number of hydrogen-bond acceptors (Lipinski definition) is 3. The number of nitrogens with two attached hydrogens (primary N) is 1. The first-order chi connectivity index (χ1) is 9.44. The van der Waals surface area contributed by atoms with Crippen molar-refractivity contribution >= 4 is 0 Å². The van der Waals surface area contributed by atoms with E-state index in [2.05, 4.69) is 5.10 Å². The second-order valence-electron chi connectivity index (χ2n) is 4.23. The average Bonchev–Trinajstić information content (AvgIpc) is 2.82. The summed E-state index contributed by atoms with van der Waals surface area (Å²) < 4.78 is 44.2. The third kappa shape index (κ3) is 3.11. The van der Waals surface area contributed by atoms with E-state index in [4.69, 9.17) is 10.5 Å². The number of hydrogen-bond donors (Lipinski definition) is 1. The largest absolute Gasteiger partial charge is 0.497 e. The smallest absolute Gasteiger partial charge is 0.435 e. The first kappa shape index (κ1) is 14.4. The van der Waals surface area contributed by atoms with Crippen LogP contribution in [0.15, 0.2) is 30.3 Å². The molecule has 2 N–H and O–H groups in total. The molecule has 0 unspecified atom stereocenters. The van der Waals surface area contributed by atoms with Crippen molar-refractivity contribution in [2.45, 2.75) is 19.3 Å². The Balaban J connectivity index is 2.25. The van der Waals surface area contributed by atoms with Gasteiger partial charge in [-0.3, -0.25) is 4.68 Å². The minimum atomic E-state index is -4.46. The zero-order valence-electron chi connectivity index (χ0n) is 10.8. The molecular weight excluding hydrogens is 271 g/mol. The Morgan fingerprint density at radius 3 is 2.40 bits per heavy atom. The number of rotatable bonds is 4. The van der Waals surface area contributed by atoms with Gasteiger partial charge in [-0.1, -0.05) is 12.1 Å². The van der Waals surface area contributed by atoms with Gasteiger partial charge >= 0.3 is 6.18 Å². The van der Waals surface area contributed by atoms with Gasteiger partial charge in [0, 0.05) is 6.54 Å².